The van der Waals surface area contributed by atoms with Crippen molar-refractivity contribution in [3.63, 3.8) is 0 Å². The first-order valence-corrected chi connectivity index (χ1v) is 7.79. The number of carbonyl (C=O) groups excluding carboxylic acids is 2. The van der Waals surface area contributed by atoms with Gasteiger partial charge in [-0.15, -0.1) is 0 Å². The lowest BCUT2D eigenvalue weighted by molar-refractivity contribution is -0.118. The van der Waals surface area contributed by atoms with Crippen molar-refractivity contribution < 1.29 is 19.1 Å². The maximum Gasteiger partial charge on any atom is 0.337 e. The molecule has 8 heteroatoms. The monoisotopic (exact) mass is 387 g/mol. The van der Waals surface area contributed by atoms with Crippen LogP contribution in [0.3, 0.4) is 0 Å². The van der Waals surface area contributed by atoms with Crippen molar-refractivity contribution >= 4 is 52.4 Å². The lowest BCUT2D eigenvalue weighted by atomic mass is 10.2. The highest BCUT2D eigenvalue weighted by molar-refractivity contribution is 6.43. The molecule has 0 radical (unpaired) electrons. The van der Waals surface area contributed by atoms with Crippen LogP contribution in [-0.2, 0) is 9.53 Å². The third kappa shape index (κ3) is 4.77. The Kier molecular flexibility index (Phi) is 6.31. The Labute approximate surface area is 153 Å². The van der Waals surface area contributed by atoms with Gasteiger partial charge in [-0.1, -0.05) is 40.9 Å². The lowest BCUT2D eigenvalue weighted by Crippen LogP contribution is -2.20. The molecule has 2 rings (SSSR count). The lowest BCUT2D eigenvalue weighted by Gasteiger charge is -2.10. The first kappa shape index (κ1) is 18.4. The molecular weight excluding hydrogens is 377 g/mol. The second kappa shape index (κ2) is 8.24. The predicted molar refractivity (Wildman–Crippen MR) is 93.4 cm³/mol. The number of nitrogens with one attached hydrogen (secondary N) is 1. The van der Waals surface area contributed by atoms with E-state index in [-0.39, 0.29) is 27.4 Å². The molecule has 0 atom stereocenters. The average Bonchev–Trinajstić information content (AvgIpc) is 2.56. The average molecular weight is 389 g/mol. The second-order valence-electron chi connectivity index (χ2n) is 4.61. The van der Waals surface area contributed by atoms with E-state index in [4.69, 9.17) is 39.5 Å². The van der Waals surface area contributed by atoms with Gasteiger partial charge in [0.15, 0.2) is 6.61 Å². The molecule has 5 nitrogen and oxygen atoms in total. The molecule has 0 bridgehead atoms. The van der Waals surface area contributed by atoms with E-state index in [0.29, 0.717) is 11.3 Å². The molecule has 0 aliphatic rings. The molecule has 0 unspecified atom stereocenters. The summed E-state index contributed by atoms with van der Waals surface area (Å²) in [6.45, 7) is -0.292. The van der Waals surface area contributed by atoms with Gasteiger partial charge < -0.3 is 14.8 Å². The Balaban J connectivity index is 1.99. The van der Waals surface area contributed by atoms with Crippen LogP contribution in [-0.4, -0.2) is 25.6 Å². The van der Waals surface area contributed by atoms with Crippen LogP contribution in [0.2, 0.25) is 15.1 Å². The van der Waals surface area contributed by atoms with E-state index in [0.717, 1.165) is 0 Å². The summed E-state index contributed by atoms with van der Waals surface area (Å²) in [5, 5.41) is 3.40. The molecule has 0 fully saturated rings. The highest BCUT2D eigenvalue weighted by Gasteiger charge is 2.11. The number of anilines is 1. The number of methoxy groups -OCH3 is 1. The minimum atomic E-state index is -0.495. The number of hydrogen-bond acceptors (Lipinski definition) is 4. The van der Waals surface area contributed by atoms with Gasteiger partial charge in [0.25, 0.3) is 5.91 Å². The topological polar surface area (TPSA) is 64.6 Å². The number of ether oxygens (including phenoxy) is 2. The van der Waals surface area contributed by atoms with E-state index in [9.17, 15) is 9.59 Å². The number of rotatable bonds is 5. The van der Waals surface area contributed by atoms with E-state index in [1.165, 1.54) is 25.3 Å². The van der Waals surface area contributed by atoms with Crippen molar-refractivity contribution in [2.75, 3.05) is 19.0 Å². The van der Waals surface area contributed by atoms with E-state index in [1.807, 2.05) is 0 Å². The third-order valence-electron chi connectivity index (χ3n) is 2.90. The molecule has 0 heterocycles. The number of carbonyl (C=O) groups is 2. The first-order valence-electron chi connectivity index (χ1n) is 6.66. The summed E-state index contributed by atoms with van der Waals surface area (Å²) in [5.74, 6) is -0.686. The summed E-state index contributed by atoms with van der Waals surface area (Å²) < 4.78 is 9.95. The zero-order valence-electron chi connectivity index (χ0n) is 12.4. The number of hydrogen-bond donors (Lipinski definition) is 1. The zero-order valence-corrected chi connectivity index (χ0v) is 14.7. The van der Waals surface area contributed by atoms with Crippen LogP contribution >= 0.6 is 34.8 Å². The van der Waals surface area contributed by atoms with Crippen LogP contribution in [0.4, 0.5) is 5.69 Å². The van der Waals surface area contributed by atoms with Crippen molar-refractivity contribution in [2.45, 2.75) is 0 Å². The number of halogens is 3. The maximum atomic E-state index is 11.9. The molecule has 2 aromatic rings. The Morgan fingerprint density at radius 3 is 2.46 bits per heavy atom. The molecule has 1 amide bonds. The quantitative estimate of drug-likeness (QED) is 0.607. The Bertz CT molecular complexity index is 780. The van der Waals surface area contributed by atoms with Gasteiger partial charge in [0.1, 0.15) is 5.75 Å². The molecule has 0 spiro atoms. The van der Waals surface area contributed by atoms with Crippen LogP contribution in [0.1, 0.15) is 10.4 Å². The van der Waals surface area contributed by atoms with Gasteiger partial charge >= 0.3 is 5.97 Å². The highest BCUT2D eigenvalue weighted by atomic mass is 35.5. The fourth-order valence-electron chi connectivity index (χ4n) is 1.80. The van der Waals surface area contributed by atoms with Gasteiger partial charge in [0.05, 0.1) is 27.7 Å². The van der Waals surface area contributed by atoms with Crippen LogP contribution in [0.5, 0.6) is 5.75 Å². The standard InChI is InChI=1S/C16H12Cl3NO4/c1-23-16(22)9-3-2-4-10(5-9)20-15(21)8-24-14-7-12(18)11(17)6-13(14)19/h2-7H,8H2,1H3,(H,20,21). The summed E-state index contributed by atoms with van der Waals surface area (Å²) in [5.41, 5.74) is 0.760. The predicted octanol–water partition coefficient (Wildman–Crippen LogP) is 4.45. The van der Waals surface area contributed by atoms with Crippen molar-refractivity contribution in [2.24, 2.45) is 0 Å². The van der Waals surface area contributed by atoms with Crippen molar-refractivity contribution in [1.29, 1.82) is 0 Å². The molecule has 0 aromatic heterocycles. The van der Waals surface area contributed by atoms with E-state index in [2.05, 4.69) is 10.1 Å². The largest absolute Gasteiger partial charge is 0.482 e. The van der Waals surface area contributed by atoms with Gasteiger partial charge in [0, 0.05) is 11.8 Å². The SMILES string of the molecule is COC(=O)c1cccc(NC(=O)COc2cc(Cl)c(Cl)cc2Cl)c1. The van der Waals surface area contributed by atoms with Gasteiger partial charge in [-0.2, -0.15) is 0 Å². The molecule has 126 valence electrons. The summed E-state index contributed by atoms with van der Waals surface area (Å²) in [6, 6.07) is 9.19. The van der Waals surface area contributed by atoms with Gasteiger partial charge in [-0.3, -0.25) is 4.79 Å². The van der Waals surface area contributed by atoms with E-state index < -0.39 is 11.9 Å². The minimum Gasteiger partial charge on any atom is -0.482 e. The van der Waals surface area contributed by atoms with Crippen molar-refractivity contribution in [1.82, 2.24) is 0 Å². The van der Waals surface area contributed by atoms with Gasteiger partial charge in [-0.25, -0.2) is 4.79 Å². The van der Waals surface area contributed by atoms with Gasteiger partial charge in [0.2, 0.25) is 0 Å². The molecule has 2 aromatic carbocycles. The van der Waals surface area contributed by atoms with E-state index >= 15 is 0 Å². The molecule has 0 aliphatic carbocycles. The Morgan fingerprint density at radius 2 is 1.75 bits per heavy atom. The molecule has 24 heavy (non-hydrogen) atoms. The minimum absolute atomic E-state index is 0.240. The number of amides is 1. The molecule has 1 N–H and O–H groups in total. The van der Waals surface area contributed by atoms with Gasteiger partial charge in [-0.05, 0) is 24.3 Å². The van der Waals surface area contributed by atoms with Crippen LogP contribution < -0.4 is 10.1 Å². The molecule has 0 saturated heterocycles. The fraction of sp³-hybridized carbons (Fsp3) is 0.125. The highest BCUT2D eigenvalue weighted by Crippen LogP contribution is 2.33. The van der Waals surface area contributed by atoms with Crippen LogP contribution in [0.15, 0.2) is 36.4 Å². The van der Waals surface area contributed by atoms with Crippen LogP contribution in [0.25, 0.3) is 0 Å². The van der Waals surface area contributed by atoms with Crippen molar-refractivity contribution in [3.8, 4) is 5.75 Å². The molecule has 0 saturated carbocycles. The molecule has 0 aliphatic heterocycles. The Morgan fingerprint density at radius 1 is 1.04 bits per heavy atom. The summed E-state index contributed by atoms with van der Waals surface area (Å²) in [4.78, 5) is 23.4. The normalized spacial score (nSPS) is 10.2. The second-order valence-corrected chi connectivity index (χ2v) is 5.83. The maximum absolute atomic E-state index is 11.9. The summed E-state index contributed by atoms with van der Waals surface area (Å²) >= 11 is 17.7. The van der Waals surface area contributed by atoms with Crippen molar-refractivity contribution in [3.05, 3.63) is 57.0 Å². The first-order chi connectivity index (χ1) is 11.4. The molecular formula is C16H12Cl3NO4. The number of benzene rings is 2. The number of esters is 1. The third-order valence-corrected chi connectivity index (χ3v) is 3.92. The zero-order chi connectivity index (χ0) is 17.7. The Hall–Kier alpha value is -1.95. The summed E-state index contributed by atoms with van der Waals surface area (Å²) in [6.07, 6.45) is 0. The van der Waals surface area contributed by atoms with Crippen LogP contribution in [0, 0.1) is 0 Å². The summed E-state index contributed by atoms with van der Waals surface area (Å²) in [7, 11) is 1.28. The smallest absolute Gasteiger partial charge is 0.337 e. The fourth-order valence-corrected chi connectivity index (χ4v) is 2.39. The van der Waals surface area contributed by atoms with E-state index in [1.54, 1.807) is 18.2 Å².